The minimum absolute atomic E-state index is 0.0371. The lowest BCUT2D eigenvalue weighted by Crippen LogP contribution is -2.50. The molecule has 1 fully saturated rings. The van der Waals surface area contributed by atoms with Crippen molar-refractivity contribution in [3.8, 4) is 22.8 Å². The third-order valence-electron chi connectivity index (χ3n) is 5.17. The second kappa shape index (κ2) is 9.48. The van der Waals surface area contributed by atoms with Crippen molar-refractivity contribution >= 4 is 11.8 Å². The van der Waals surface area contributed by atoms with Gasteiger partial charge < -0.3 is 14.7 Å². The van der Waals surface area contributed by atoms with E-state index in [-0.39, 0.29) is 18.4 Å². The van der Waals surface area contributed by atoms with Crippen molar-refractivity contribution in [3.63, 3.8) is 0 Å². The molecule has 3 aromatic rings. The zero-order chi connectivity index (χ0) is 21.6. The Kier molecular flexibility index (Phi) is 6.32. The Bertz CT molecular complexity index is 1030. The Morgan fingerprint density at radius 3 is 2.52 bits per heavy atom. The van der Waals surface area contributed by atoms with Gasteiger partial charge >= 0.3 is 0 Å². The topological polar surface area (TPSA) is 104 Å². The fourth-order valence-electron chi connectivity index (χ4n) is 3.43. The summed E-state index contributed by atoms with van der Waals surface area (Å²) in [6.45, 7) is 5.21. The molecule has 1 aliphatic heterocycles. The molecule has 9 heteroatoms. The van der Waals surface area contributed by atoms with Gasteiger partial charge in [-0.15, -0.1) is 0 Å². The first-order valence-electron chi connectivity index (χ1n) is 10.2. The third-order valence-corrected chi connectivity index (χ3v) is 5.17. The first-order chi connectivity index (χ1) is 15.1. The van der Waals surface area contributed by atoms with Gasteiger partial charge in [0.2, 0.25) is 17.6 Å². The molecule has 3 heterocycles. The van der Waals surface area contributed by atoms with Crippen LogP contribution >= 0.6 is 0 Å². The Labute approximate surface area is 180 Å². The van der Waals surface area contributed by atoms with Crippen molar-refractivity contribution in [2.45, 2.75) is 13.5 Å². The summed E-state index contributed by atoms with van der Waals surface area (Å²) in [4.78, 5) is 35.7. The minimum atomic E-state index is -0.190. The van der Waals surface area contributed by atoms with Crippen molar-refractivity contribution in [1.82, 2.24) is 30.2 Å². The van der Waals surface area contributed by atoms with E-state index in [4.69, 9.17) is 4.52 Å². The third kappa shape index (κ3) is 5.32. The predicted molar refractivity (Wildman–Crippen MR) is 114 cm³/mol. The standard InChI is InChI=1S/C22H24N6O3/c1-16(29)24-14-20(30)28-11-9-27(10-12-28)15-17-4-6-18(7-5-17)21-25-22(31-26-21)19-3-2-8-23-13-19/h2-8,13H,9-12,14-15H2,1H3,(H,24,29). The summed E-state index contributed by atoms with van der Waals surface area (Å²) in [6, 6.07) is 11.8. The first-order valence-corrected chi connectivity index (χ1v) is 10.2. The average molecular weight is 420 g/mol. The van der Waals surface area contributed by atoms with Crippen molar-refractivity contribution < 1.29 is 14.1 Å². The lowest BCUT2D eigenvalue weighted by atomic mass is 10.1. The summed E-state index contributed by atoms with van der Waals surface area (Å²) in [5.41, 5.74) is 2.85. The summed E-state index contributed by atoms with van der Waals surface area (Å²) in [5, 5.41) is 6.63. The number of piperazine rings is 1. The molecule has 1 aromatic carbocycles. The van der Waals surface area contributed by atoms with Crippen LogP contribution in [0.2, 0.25) is 0 Å². The highest BCUT2D eigenvalue weighted by molar-refractivity contribution is 5.83. The van der Waals surface area contributed by atoms with Gasteiger partial charge in [-0.3, -0.25) is 19.5 Å². The van der Waals surface area contributed by atoms with Crippen LogP contribution in [0.1, 0.15) is 12.5 Å². The van der Waals surface area contributed by atoms with E-state index in [1.807, 2.05) is 24.3 Å². The van der Waals surface area contributed by atoms with Gasteiger partial charge in [-0.2, -0.15) is 4.98 Å². The van der Waals surface area contributed by atoms with Gasteiger partial charge in [0.15, 0.2) is 0 Å². The summed E-state index contributed by atoms with van der Waals surface area (Å²) < 4.78 is 5.35. The van der Waals surface area contributed by atoms with E-state index in [9.17, 15) is 9.59 Å². The molecule has 0 atom stereocenters. The van der Waals surface area contributed by atoms with Gasteiger partial charge in [-0.25, -0.2) is 0 Å². The number of nitrogens with one attached hydrogen (secondary N) is 1. The van der Waals surface area contributed by atoms with Gasteiger partial charge in [-0.05, 0) is 17.7 Å². The van der Waals surface area contributed by atoms with Crippen LogP contribution in [0.3, 0.4) is 0 Å². The number of benzene rings is 1. The van der Waals surface area contributed by atoms with Gasteiger partial charge in [0.1, 0.15) is 0 Å². The molecule has 0 spiro atoms. The maximum atomic E-state index is 12.1. The summed E-state index contributed by atoms with van der Waals surface area (Å²) in [5.74, 6) is 0.754. The summed E-state index contributed by atoms with van der Waals surface area (Å²) in [6.07, 6.45) is 3.39. The molecule has 2 aromatic heterocycles. The van der Waals surface area contributed by atoms with Crippen LogP contribution in [0.15, 0.2) is 53.3 Å². The number of aromatic nitrogens is 3. The largest absolute Gasteiger partial charge is 0.347 e. The van der Waals surface area contributed by atoms with E-state index >= 15 is 0 Å². The Hall–Kier alpha value is -3.59. The lowest BCUT2D eigenvalue weighted by molar-refractivity contribution is -0.134. The number of rotatable bonds is 6. The highest BCUT2D eigenvalue weighted by Gasteiger charge is 2.21. The molecule has 2 amide bonds. The molecule has 0 unspecified atom stereocenters. The van der Waals surface area contributed by atoms with Gasteiger partial charge in [0.05, 0.1) is 12.1 Å². The second-order valence-corrected chi connectivity index (χ2v) is 7.43. The zero-order valence-corrected chi connectivity index (χ0v) is 17.3. The highest BCUT2D eigenvalue weighted by Crippen LogP contribution is 2.22. The van der Waals surface area contributed by atoms with E-state index in [1.165, 1.54) is 12.5 Å². The molecular weight excluding hydrogens is 396 g/mol. The van der Waals surface area contributed by atoms with Gasteiger partial charge in [0, 0.05) is 57.6 Å². The minimum Gasteiger partial charge on any atom is -0.347 e. The number of carbonyl (C=O) groups is 2. The van der Waals surface area contributed by atoms with Crippen LogP contribution in [0.4, 0.5) is 0 Å². The van der Waals surface area contributed by atoms with E-state index in [0.29, 0.717) is 24.8 Å². The van der Waals surface area contributed by atoms with Crippen LogP contribution in [-0.4, -0.2) is 69.5 Å². The van der Waals surface area contributed by atoms with Crippen LogP contribution in [-0.2, 0) is 16.1 Å². The Morgan fingerprint density at radius 1 is 1.06 bits per heavy atom. The smallest absolute Gasteiger partial charge is 0.259 e. The molecule has 9 nitrogen and oxygen atoms in total. The van der Waals surface area contributed by atoms with Crippen LogP contribution in [0.25, 0.3) is 22.8 Å². The molecule has 31 heavy (non-hydrogen) atoms. The maximum Gasteiger partial charge on any atom is 0.259 e. The Morgan fingerprint density at radius 2 is 1.84 bits per heavy atom. The van der Waals surface area contributed by atoms with Crippen molar-refractivity contribution in [2.75, 3.05) is 32.7 Å². The number of hydrogen-bond acceptors (Lipinski definition) is 7. The average Bonchev–Trinajstić information content (AvgIpc) is 3.29. The van der Waals surface area contributed by atoms with Crippen LogP contribution in [0, 0.1) is 0 Å². The van der Waals surface area contributed by atoms with E-state index in [1.54, 1.807) is 17.3 Å². The van der Waals surface area contributed by atoms with Crippen LogP contribution < -0.4 is 5.32 Å². The molecule has 0 radical (unpaired) electrons. The first kappa shape index (κ1) is 20.7. The van der Waals surface area contributed by atoms with E-state index < -0.39 is 0 Å². The zero-order valence-electron chi connectivity index (χ0n) is 17.3. The number of amides is 2. The SMILES string of the molecule is CC(=O)NCC(=O)N1CCN(Cc2ccc(-c3noc(-c4cccnc4)n3)cc2)CC1. The quantitative estimate of drug-likeness (QED) is 0.646. The van der Waals surface area contributed by atoms with Crippen LogP contribution in [0.5, 0.6) is 0 Å². The van der Waals surface area contributed by atoms with Crippen molar-refractivity contribution in [3.05, 3.63) is 54.4 Å². The van der Waals surface area contributed by atoms with Gasteiger partial charge in [-0.1, -0.05) is 29.4 Å². The van der Waals surface area contributed by atoms with Crippen molar-refractivity contribution in [1.29, 1.82) is 0 Å². The fourth-order valence-corrected chi connectivity index (χ4v) is 3.43. The number of carbonyl (C=O) groups excluding carboxylic acids is 2. The number of pyridine rings is 1. The predicted octanol–water partition coefficient (Wildman–Crippen LogP) is 1.58. The number of nitrogens with zero attached hydrogens (tertiary/aromatic N) is 5. The molecule has 1 N–H and O–H groups in total. The maximum absolute atomic E-state index is 12.1. The molecule has 160 valence electrons. The molecule has 0 aliphatic carbocycles. The monoisotopic (exact) mass is 420 g/mol. The normalized spacial score (nSPS) is 14.4. The van der Waals surface area contributed by atoms with E-state index in [2.05, 4.69) is 37.5 Å². The molecule has 4 rings (SSSR count). The fraction of sp³-hybridized carbons (Fsp3) is 0.318. The Balaban J connectivity index is 1.30. The molecule has 1 aliphatic rings. The van der Waals surface area contributed by atoms with E-state index in [0.717, 1.165) is 30.8 Å². The molecular formula is C22H24N6O3. The van der Waals surface area contributed by atoms with Gasteiger partial charge in [0.25, 0.3) is 5.89 Å². The van der Waals surface area contributed by atoms with Crippen molar-refractivity contribution in [2.24, 2.45) is 0 Å². The summed E-state index contributed by atoms with van der Waals surface area (Å²) >= 11 is 0. The highest BCUT2D eigenvalue weighted by atomic mass is 16.5. The molecule has 0 saturated carbocycles. The lowest BCUT2D eigenvalue weighted by Gasteiger charge is -2.34. The molecule has 1 saturated heterocycles. The summed E-state index contributed by atoms with van der Waals surface area (Å²) in [7, 11) is 0. The number of hydrogen-bond donors (Lipinski definition) is 1. The molecule has 0 bridgehead atoms. The second-order valence-electron chi connectivity index (χ2n) is 7.43.